The molecule has 1 heterocycles. The number of ether oxygens (including phenoxy) is 1. The lowest BCUT2D eigenvalue weighted by Gasteiger charge is -2.20. The third-order valence-electron chi connectivity index (χ3n) is 3.20. The van der Waals surface area contributed by atoms with Gasteiger partial charge in [0.05, 0.1) is 6.61 Å². The minimum atomic E-state index is -0.355. The Labute approximate surface area is 101 Å². The molecule has 0 bridgehead atoms. The Hall–Kier alpha value is -1.45. The number of hydrogen-bond acceptors (Lipinski definition) is 4. The number of esters is 1. The molecule has 1 aliphatic rings. The summed E-state index contributed by atoms with van der Waals surface area (Å²) < 4.78 is 4.94. The Kier molecular flexibility index (Phi) is 4.07. The summed E-state index contributed by atoms with van der Waals surface area (Å²) in [5.41, 5.74) is 1.37. The highest BCUT2D eigenvalue weighted by Crippen LogP contribution is 2.31. The van der Waals surface area contributed by atoms with E-state index in [9.17, 15) is 4.79 Å². The van der Waals surface area contributed by atoms with E-state index in [4.69, 9.17) is 4.74 Å². The van der Waals surface area contributed by atoms with E-state index in [1.807, 2.05) is 0 Å². The maximum absolute atomic E-state index is 11.6. The van der Waals surface area contributed by atoms with Gasteiger partial charge in [0.1, 0.15) is 6.33 Å². The van der Waals surface area contributed by atoms with Gasteiger partial charge in [0, 0.05) is 11.6 Å². The fourth-order valence-corrected chi connectivity index (χ4v) is 2.31. The molecule has 1 aliphatic carbocycles. The number of hydrogen-bond donors (Lipinski definition) is 0. The first-order chi connectivity index (χ1) is 8.31. The molecule has 0 amide bonds. The number of rotatable bonds is 3. The lowest BCUT2D eigenvalue weighted by atomic mass is 9.86. The summed E-state index contributed by atoms with van der Waals surface area (Å²) in [6.45, 7) is 2.17. The van der Waals surface area contributed by atoms with Gasteiger partial charge in [-0.15, -0.1) is 0 Å². The van der Waals surface area contributed by atoms with E-state index >= 15 is 0 Å². The van der Waals surface area contributed by atoms with Crippen LogP contribution in [0.25, 0.3) is 0 Å². The van der Waals surface area contributed by atoms with E-state index in [-0.39, 0.29) is 5.97 Å². The second-order valence-corrected chi connectivity index (χ2v) is 4.38. The van der Waals surface area contributed by atoms with Crippen LogP contribution >= 0.6 is 0 Å². The van der Waals surface area contributed by atoms with Gasteiger partial charge in [-0.2, -0.15) is 0 Å². The minimum absolute atomic E-state index is 0.355. The van der Waals surface area contributed by atoms with Crippen LogP contribution < -0.4 is 0 Å². The molecule has 0 spiro atoms. The molecule has 2 rings (SSSR count). The molecule has 1 aromatic heterocycles. The van der Waals surface area contributed by atoms with E-state index < -0.39 is 0 Å². The SMILES string of the molecule is CCOC(=O)c1cc(C2CCCCC2)ncn1. The Balaban J connectivity index is 2.12. The molecule has 4 nitrogen and oxygen atoms in total. The zero-order valence-corrected chi connectivity index (χ0v) is 10.2. The lowest BCUT2D eigenvalue weighted by Crippen LogP contribution is -2.11. The molecular formula is C13H18N2O2. The first-order valence-corrected chi connectivity index (χ1v) is 6.30. The molecule has 1 saturated carbocycles. The molecule has 0 saturated heterocycles. The van der Waals surface area contributed by atoms with Crippen molar-refractivity contribution in [3.05, 3.63) is 23.8 Å². The van der Waals surface area contributed by atoms with Crippen molar-refractivity contribution in [1.82, 2.24) is 9.97 Å². The molecule has 1 aromatic rings. The summed E-state index contributed by atoms with van der Waals surface area (Å²) >= 11 is 0. The van der Waals surface area contributed by atoms with Gasteiger partial charge in [0.15, 0.2) is 5.69 Å². The largest absolute Gasteiger partial charge is 0.461 e. The summed E-state index contributed by atoms with van der Waals surface area (Å²) in [6, 6.07) is 1.79. The average Bonchev–Trinajstić information content (AvgIpc) is 2.40. The summed E-state index contributed by atoms with van der Waals surface area (Å²) in [7, 11) is 0. The molecule has 92 valence electrons. The lowest BCUT2D eigenvalue weighted by molar-refractivity contribution is 0.0519. The van der Waals surface area contributed by atoms with Crippen molar-refractivity contribution in [2.24, 2.45) is 0 Å². The van der Waals surface area contributed by atoms with Crippen molar-refractivity contribution in [3.8, 4) is 0 Å². The molecule has 0 aliphatic heterocycles. The van der Waals surface area contributed by atoms with Crippen molar-refractivity contribution in [1.29, 1.82) is 0 Å². The zero-order valence-electron chi connectivity index (χ0n) is 10.2. The van der Waals surface area contributed by atoms with Crippen LogP contribution in [0, 0.1) is 0 Å². The van der Waals surface area contributed by atoms with Crippen molar-refractivity contribution in [3.63, 3.8) is 0 Å². The number of nitrogens with zero attached hydrogens (tertiary/aromatic N) is 2. The molecule has 1 fully saturated rings. The highest BCUT2D eigenvalue weighted by molar-refractivity contribution is 5.87. The van der Waals surface area contributed by atoms with Crippen LogP contribution in [0.5, 0.6) is 0 Å². The van der Waals surface area contributed by atoms with Crippen LogP contribution in [0.3, 0.4) is 0 Å². The van der Waals surface area contributed by atoms with Crippen LogP contribution in [0.2, 0.25) is 0 Å². The number of carbonyl (C=O) groups is 1. The van der Waals surface area contributed by atoms with Crippen molar-refractivity contribution < 1.29 is 9.53 Å². The van der Waals surface area contributed by atoms with Crippen LogP contribution in [-0.2, 0) is 4.74 Å². The van der Waals surface area contributed by atoms with Gasteiger partial charge in [0.25, 0.3) is 0 Å². The smallest absolute Gasteiger partial charge is 0.357 e. The molecule has 17 heavy (non-hydrogen) atoms. The third-order valence-corrected chi connectivity index (χ3v) is 3.20. The molecule has 0 atom stereocenters. The van der Waals surface area contributed by atoms with Crippen LogP contribution in [0.15, 0.2) is 12.4 Å². The maximum Gasteiger partial charge on any atom is 0.357 e. The van der Waals surface area contributed by atoms with Crippen LogP contribution in [0.1, 0.15) is 61.1 Å². The molecular weight excluding hydrogens is 216 g/mol. The number of carbonyl (C=O) groups excluding carboxylic acids is 1. The first kappa shape index (κ1) is 12.0. The Morgan fingerprint density at radius 3 is 2.82 bits per heavy atom. The zero-order chi connectivity index (χ0) is 12.1. The van der Waals surface area contributed by atoms with Crippen molar-refractivity contribution in [2.75, 3.05) is 6.61 Å². The van der Waals surface area contributed by atoms with Crippen molar-refractivity contribution >= 4 is 5.97 Å². The summed E-state index contributed by atoms with van der Waals surface area (Å²) in [4.78, 5) is 19.8. The fraction of sp³-hybridized carbons (Fsp3) is 0.615. The molecule has 0 N–H and O–H groups in total. The van der Waals surface area contributed by atoms with E-state index in [1.54, 1.807) is 13.0 Å². The quantitative estimate of drug-likeness (QED) is 0.754. The molecule has 0 aromatic carbocycles. The maximum atomic E-state index is 11.6. The second kappa shape index (κ2) is 5.75. The second-order valence-electron chi connectivity index (χ2n) is 4.38. The highest BCUT2D eigenvalue weighted by atomic mass is 16.5. The molecule has 4 heteroatoms. The Morgan fingerprint density at radius 2 is 2.12 bits per heavy atom. The molecule has 0 radical (unpaired) electrons. The van der Waals surface area contributed by atoms with E-state index in [2.05, 4.69) is 9.97 Å². The normalized spacial score (nSPS) is 16.8. The number of aromatic nitrogens is 2. The predicted molar refractivity (Wildman–Crippen MR) is 63.8 cm³/mol. The fourth-order valence-electron chi connectivity index (χ4n) is 2.31. The van der Waals surface area contributed by atoms with Gasteiger partial charge in [-0.05, 0) is 25.8 Å². The van der Waals surface area contributed by atoms with E-state index in [0.29, 0.717) is 18.2 Å². The average molecular weight is 234 g/mol. The topological polar surface area (TPSA) is 52.1 Å². The van der Waals surface area contributed by atoms with Gasteiger partial charge >= 0.3 is 5.97 Å². The Morgan fingerprint density at radius 1 is 1.35 bits per heavy atom. The predicted octanol–water partition coefficient (Wildman–Crippen LogP) is 2.70. The highest BCUT2D eigenvalue weighted by Gasteiger charge is 2.18. The minimum Gasteiger partial charge on any atom is -0.461 e. The van der Waals surface area contributed by atoms with Gasteiger partial charge < -0.3 is 4.74 Å². The van der Waals surface area contributed by atoms with Crippen LogP contribution in [-0.4, -0.2) is 22.5 Å². The van der Waals surface area contributed by atoms with Gasteiger partial charge in [-0.3, -0.25) is 0 Å². The summed E-state index contributed by atoms with van der Waals surface area (Å²) in [6.07, 6.45) is 7.62. The third kappa shape index (κ3) is 3.02. The molecule has 0 unspecified atom stereocenters. The van der Waals surface area contributed by atoms with Gasteiger partial charge in [0.2, 0.25) is 0 Å². The van der Waals surface area contributed by atoms with Crippen LogP contribution in [0.4, 0.5) is 0 Å². The summed E-state index contributed by atoms with van der Waals surface area (Å²) in [5.74, 6) is 0.131. The standard InChI is InChI=1S/C13H18N2O2/c1-2-17-13(16)12-8-11(14-9-15-12)10-6-4-3-5-7-10/h8-10H,2-7H2,1H3. The first-order valence-electron chi connectivity index (χ1n) is 6.30. The van der Waals surface area contributed by atoms with E-state index in [1.165, 1.54) is 38.4 Å². The summed E-state index contributed by atoms with van der Waals surface area (Å²) in [5, 5.41) is 0. The van der Waals surface area contributed by atoms with Gasteiger partial charge in [-0.25, -0.2) is 14.8 Å². The van der Waals surface area contributed by atoms with Gasteiger partial charge in [-0.1, -0.05) is 19.3 Å². The van der Waals surface area contributed by atoms with Crippen molar-refractivity contribution in [2.45, 2.75) is 44.9 Å². The van der Waals surface area contributed by atoms with E-state index in [0.717, 1.165) is 5.69 Å². The monoisotopic (exact) mass is 234 g/mol. The Bertz CT molecular complexity index is 387.